The van der Waals surface area contributed by atoms with Crippen molar-refractivity contribution < 1.29 is 39.0 Å². The first-order valence-electron chi connectivity index (χ1n) is 10.8. The third kappa shape index (κ3) is 11.2. The molecule has 0 aliphatic carbocycles. The first kappa shape index (κ1) is 30.4. The van der Waals surface area contributed by atoms with E-state index in [4.69, 9.17) is 16.6 Å². The number of aliphatic carboxylic acids is 2. The lowest BCUT2D eigenvalue weighted by atomic mass is 10.1. The van der Waals surface area contributed by atoms with Crippen LogP contribution < -0.4 is 27.4 Å². The van der Waals surface area contributed by atoms with Gasteiger partial charge in [0.05, 0.1) is 18.8 Å². The third-order valence-electron chi connectivity index (χ3n) is 4.89. The van der Waals surface area contributed by atoms with Crippen LogP contribution in [-0.4, -0.2) is 91.9 Å². The predicted octanol–water partition coefficient (Wildman–Crippen LogP) is -2.69. The molecule has 0 bridgehead atoms. The lowest BCUT2D eigenvalue weighted by molar-refractivity contribution is -0.147. The second kappa shape index (κ2) is 15.4. The molecule has 1 rings (SSSR count). The Morgan fingerprint density at radius 3 is 2.14 bits per heavy atom. The molecule has 4 unspecified atom stereocenters. The van der Waals surface area contributed by atoms with E-state index in [0.29, 0.717) is 11.4 Å². The zero-order valence-corrected chi connectivity index (χ0v) is 20.4. The molecular formula is C20H31N7O8S. The van der Waals surface area contributed by atoms with Gasteiger partial charge >= 0.3 is 11.9 Å². The van der Waals surface area contributed by atoms with Gasteiger partial charge in [-0.2, -0.15) is 11.8 Å². The first-order chi connectivity index (χ1) is 16.9. The second-order valence-electron chi connectivity index (χ2n) is 7.79. The topological polar surface area (TPSA) is 260 Å². The quantitative estimate of drug-likeness (QED) is 0.103. The highest BCUT2D eigenvalue weighted by atomic mass is 32.2. The number of rotatable bonds is 17. The number of thioether (sulfide) groups is 1. The summed E-state index contributed by atoms with van der Waals surface area (Å²) in [6, 6.07) is -5.26. The molecule has 0 radical (unpaired) electrons. The molecule has 1 heterocycles. The lowest BCUT2D eigenvalue weighted by Crippen LogP contribution is -2.58. The maximum atomic E-state index is 13.1. The highest BCUT2D eigenvalue weighted by Crippen LogP contribution is 2.06. The van der Waals surface area contributed by atoms with E-state index in [-0.39, 0.29) is 25.7 Å². The Bertz CT molecular complexity index is 927. The SMILES string of the molecule is CSCCC(NC(=O)C(Cc1cnc[nH]1)NC(=O)C(N)CCC(N)=O)C(=O)NC(CC(=O)O)C(=O)O. The summed E-state index contributed by atoms with van der Waals surface area (Å²) in [5.74, 6) is -5.60. The maximum absolute atomic E-state index is 13.1. The summed E-state index contributed by atoms with van der Waals surface area (Å²) >= 11 is 1.37. The summed E-state index contributed by atoms with van der Waals surface area (Å²) < 4.78 is 0. The lowest BCUT2D eigenvalue weighted by Gasteiger charge is -2.25. The van der Waals surface area contributed by atoms with Gasteiger partial charge in [-0.15, -0.1) is 0 Å². The van der Waals surface area contributed by atoms with E-state index in [1.807, 2.05) is 0 Å². The molecule has 4 atom stereocenters. The van der Waals surface area contributed by atoms with Gasteiger partial charge in [0, 0.05) is 24.7 Å². The van der Waals surface area contributed by atoms with Crippen LogP contribution in [0.3, 0.4) is 0 Å². The molecule has 200 valence electrons. The molecule has 10 N–H and O–H groups in total. The molecule has 0 fully saturated rings. The largest absolute Gasteiger partial charge is 0.481 e. The number of nitrogens with one attached hydrogen (secondary N) is 4. The molecule has 36 heavy (non-hydrogen) atoms. The van der Waals surface area contributed by atoms with Gasteiger partial charge in [-0.05, 0) is 24.9 Å². The molecular weight excluding hydrogens is 498 g/mol. The Hall–Kier alpha value is -3.66. The molecule has 0 spiro atoms. The van der Waals surface area contributed by atoms with Crippen LogP contribution in [0.5, 0.6) is 0 Å². The molecule has 16 heteroatoms. The van der Waals surface area contributed by atoms with Crippen molar-refractivity contribution in [3.8, 4) is 0 Å². The van der Waals surface area contributed by atoms with Crippen molar-refractivity contribution in [3.05, 3.63) is 18.2 Å². The summed E-state index contributed by atoms with van der Waals surface area (Å²) in [5, 5.41) is 25.2. The average Bonchev–Trinajstić information content (AvgIpc) is 3.31. The number of amides is 4. The minimum atomic E-state index is -1.70. The molecule has 0 aliphatic heterocycles. The van der Waals surface area contributed by atoms with Gasteiger partial charge in [-0.25, -0.2) is 9.78 Å². The number of H-pyrrole nitrogens is 1. The number of primary amides is 1. The number of aromatic nitrogens is 2. The highest BCUT2D eigenvalue weighted by Gasteiger charge is 2.31. The van der Waals surface area contributed by atoms with E-state index >= 15 is 0 Å². The van der Waals surface area contributed by atoms with Crippen LogP contribution >= 0.6 is 11.8 Å². The van der Waals surface area contributed by atoms with Crippen molar-refractivity contribution in [3.63, 3.8) is 0 Å². The Kier molecular flexibility index (Phi) is 13.0. The molecule has 15 nitrogen and oxygen atoms in total. The van der Waals surface area contributed by atoms with Crippen molar-refractivity contribution in [1.82, 2.24) is 25.9 Å². The first-order valence-corrected chi connectivity index (χ1v) is 12.2. The van der Waals surface area contributed by atoms with Gasteiger partial charge < -0.3 is 42.6 Å². The molecule has 0 saturated heterocycles. The monoisotopic (exact) mass is 529 g/mol. The molecule has 0 aliphatic rings. The number of nitrogens with zero attached hydrogens (tertiary/aromatic N) is 1. The summed E-state index contributed by atoms with van der Waals surface area (Å²) in [6.45, 7) is 0. The van der Waals surface area contributed by atoms with Crippen molar-refractivity contribution in [2.24, 2.45) is 11.5 Å². The van der Waals surface area contributed by atoms with Gasteiger partial charge in [0.1, 0.15) is 18.1 Å². The number of imidazole rings is 1. The Labute approximate surface area is 210 Å². The molecule has 1 aromatic rings. The number of aromatic amines is 1. The van der Waals surface area contributed by atoms with Crippen molar-refractivity contribution in [2.75, 3.05) is 12.0 Å². The Morgan fingerprint density at radius 1 is 1.00 bits per heavy atom. The average molecular weight is 530 g/mol. The molecule has 1 aromatic heterocycles. The van der Waals surface area contributed by atoms with Crippen molar-refractivity contribution >= 4 is 47.3 Å². The number of hydrogen-bond acceptors (Lipinski definition) is 9. The summed E-state index contributed by atoms with van der Waals surface area (Å²) in [4.78, 5) is 78.2. The van der Waals surface area contributed by atoms with Crippen LogP contribution in [0.15, 0.2) is 12.5 Å². The molecule has 0 saturated carbocycles. The molecule has 0 aromatic carbocycles. The normalized spacial score (nSPS) is 14.1. The van der Waals surface area contributed by atoms with Crippen LogP contribution in [0.1, 0.15) is 31.4 Å². The van der Waals surface area contributed by atoms with Gasteiger partial charge in [0.2, 0.25) is 23.6 Å². The van der Waals surface area contributed by atoms with E-state index in [1.54, 1.807) is 6.26 Å². The van der Waals surface area contributed by atoms with Gasteiger partial charge in [-0.3, -0.25) is 24.0 Å². The fraction of sp³-hybridized carbons (Fsp3) is 0.550. The van der Waals surface area contributed by atoms with Crippen molar-refractivity contribution in [2.45, 2.75) is 56.3 Å². The zero-order chi connectivity index (χ0) is 27.3. The van der Waals surface area contributed by atoms with Gasteiger partial charge in [0.15, 0.2) is 0 Å². The van der Waals surface area contributed by atoms with E-state index in [9.17, 15) is 33.9 Å². The fourth-order valence-electron chi connectivity index (χ4n) is 2.96. The highest BCUT2D eigenvalue weighted by molar-refractivity contribution is 7.98. The summed E-state index contributed by atoms with van der Waals surface area (Å²) in [5.41, 5.74) is 11.3. The number of hydrogen-bond donors (Lipinski definition) is 8. The number of carboxylic acids is 2. The fourth-order valence-corrected chi connectivity index (χ4v) is 3.43. The van der Waals surface area contributed by atoms with Crippen LogP contribution in [0.25, 0.3) is 0 Å². The van der Waals surface area contributed by atoms with E-state index < -0.39 is 66.2 Å². The van der Waals surface area contributed by atoms with Crippen LogP contribution in [-0.2, 0) is 35.2 Å². The van der Waals surface area contributed by atoms with Gasteiger partial charge in [0.25, 0.3) is 0 Å². The smallest absolute Gasteiger partial charge is 0.326 e. The zero-order valence-electron chi connectivity index (χ0n) is 19.6. The standard InChI is InChI=1S/C20H31N7O8S/c1-36-5-4-12(18(32)27-14(20(34)35)7-16(29)30)25-19(33)13(6-10-8-23-9-24-10)26-17(31)11(21)2-3-15(22)28/h8-9,11-14H,2-7,21H2,1H3,(H2,22,28)(H,23,24)(H,25,33)(H,26,31)(H,27,32)(H,29,30)(H,34,35). The minimum absolute atomic E-state index is 0.0432. The number of carbonyl (C=O) groups is 6. The maximum Gasteiger partial charge on any atom is 0.326 e. The van der Waals surface area contributed by atoms with Gasteiger partial charge in [-0.1, -0.05) is 0 Å². The predicted molar refractivity (Wildman–Crippen MR) is 127 cm³/mol. The molecule has 4 amide bonds. The Morgan fingerprint density at radius 2 is 1.61 bits per heavy atom. The number of carboxylic acid groups (broad SMARTS) is 2. The number of nitrogens with two attached hydrogens (primary N) is 2. The van der Waals surface area contributed by atoms with E-state index in [2.05, 4.69) is 25.9 Å². The van der Waals surface area contributed by atoms with Crippen LogP contribution in [0.4, 0.5) is 0 Å². The number of carbonyl (C=O) groups excluding carboxylic acids is 4. The third-order valence-corrected chi connectivity index (χ3v) is 5.53. The van der Waals surface area contributed by atoms with Crippen LogP contribution in [0.2, 0.25) is 0 Å². The Balaban J connectivity index is 3.02. The van der Waals surface area contributed by atoms with Crippen molar-refractivity contribution in [1.29, 1.82) is 0 Å². The van der Waals surface area contributed by atoms with Crippen LogP contribution in [0, 0.1) is 0 Å². The van der Waals surface area contributed by atoms with E-state index in [0.717, 1.165) is 0 Å². The van der Waals surface area contributed by atoms with E-state index in [1.165, 1.54) is 24.3 Å². The summed E-state index contributed by atoms with van der Waals surface area (Å²) in [7, 11) is 0. The minimum Gasteiger partial charge on any atom is -0.481 e. The second-order valence-corrected chi connectivity index (χ2v) is 8.78. The summed E-state index contributed by atoms with van der Waals surface area (Å²) in [6.07, 6.45) is 3.58.